The molecule has 3 fully saturated rings. The van der Waals surface area contributed by atoms with Crippen LogP contribution in [-0.4, -0.2) is 34.6 Å². The van der Waals surface area contributed by atoms with Gasteiger partial charge in [0.05, 0.1) is 29.7 Å². The van der Waals surface area contributed by atoms with Gasteiger partial charge in [-0.05, 0) is 65.5 Å². The minimum absolute atomic E-state index is 0.00299. The second kappa shape index (κ2) is 11.2. The fraction of sp³-hybridized carbons (Fsp3) is 0.263. The van der Waals surface area contributed by atoms with E-state index >= 15 is 0 Å². The predicted molar refractivity (Wildman–Crippen MR) is 187 cm³/mol. The molecule has 7 unspecified atom stereocenters. The molecule has 240 valence electrons. The maximum Gasteiger partial charge on any atom is 0.308 e. The highest BCUT2D eigenvalue weighted by molar-refractivity contribution is 8.00. The van der Waals surface area contributed by atoms with Crippen LogP contribution in [0.1, 0.15) is 22.8 Å². The van der Waals surface area contributed by atoms with E-state index < -0.39 is 0 Å². The quantitative estimate of drug-likeness (QED) is 0.210. The van der Waals surface area contributed by atoms with Gasteiger partial charge in [-0.25, -0.2) is 0 Å². The van der Waals surface area contributed by atoms with Gasteiger partial charge in [0.1, 0.15) is 12.3 Å². The molecule has 1 aromatic heterocycles. The van der Waals surface area contributed by atoms with Crippen molar-refractivity contribution in [3.8, 4) is 5.75 Å². The zero-order valence-electron chi connectivity index (χ0n) is 25.9. The van der Waals surface area contributed by atoms with Gasteiger partial charge in [0.15, 0.2) is 0 Å². The van der Waals surface area contributed by atoms with Crippen molar-refractivity contribution in [2.75, 3.05) is 17.3 Å². The molecule has 4 aromatic carbocycles. The van der Waals surface area contributed by atoms with Crippen molar-refractivity contribution in [3.63, 3.8) is 0 Å². The molecule has 10 heteroatoms. The molecule has 8 nitrogen and oxygen atoms in total. The number of para-hydroxylation sites is 1. The number of carbonyl (C=O) groups is 3. The van der Waals surface area contributed by atoms with E-state index in [0.29, 0.717) is 11.4 Å². The number of thiazole rings is 1. The molecule has 48 heavy (non-hydrogen) atoms. The molecule has 1 N–H and O–H groups in total. The summed E-state index contributed by atoms with van der Waals surface area (Å²) in [6.07, 6.45) is 0.797. The van der Waals surface area contributed by atoms with E-state index in [1.54, 1.807) is 23.4 Å². The normalized spacial score (nSPS) is 26.8. The van der Waals surface area contributed by atoms with Crippen molar-refractivity contribution in [1.29, 1.82) is 0 Å². The number of thioether (sulfide) groups is 1. The third kappa shape index (κ3) is 4.35. The van der Waals surface area contributed by atoms with E-state index in [1.165, 1.54) is 16.2 Å². The molecule has 2 bridgehead atoms. The molecule has 3 heterocycles. The number of nitrogens with one attached hydrogen (secondary N) is 1. The number of anilines is 2. The Balaban J connectivity index is 1.10. The van der Waals surface area contributed by atoms with E-state index in [2.05, 4.69) is 5.32 Å². The lowest BCUT2D eigenvalue weighted by atomic mass is 9.68. The molecule has 1 saturated heterocycles. The van der Waals surface area contributed by atoms with Crippen molar-refractivity contribution in [3.05, 3.63) is 117 Å². The van der Waals surface area contributed by atoms with E-state index in [-0.39, 0.29) is 69.9 Å². The molecule has 2 aliphatic heterocycles. The van der Waals surface area contributed by atoms with Crippen LogP contribution in [0, 0.1) is 29.6 Å². The molecular weight excluding hydrogens is 643 g/mol. The Kier molecular flexibility index (Phi) is 6.88. The van der Waals surface area contributed by atoms with Crippen molar-refractivity contribution in [2.24, 2.45) is 29.6 Å². The van der Waals surface area contributed by atoms with Crippen molar-refractivity contribution < 1.29 is 19.1 Å². The summed E-state index contributed by atoms with van der Waals surface area (Å²) in [5, 5.41) is 5.80. The minimum atomic E-state index is -0.386. The van der Waals surface area contributed by atoms with Crippen LogP contribution in [0.5, 0.6) is 5.75 Å². The Morgan fingerprint density at radius 2 is 1.56 bits per heavy atom. The van der Waals surface area contributed by atoms with Crippen LogP contribution in [0.3, 0.4) is 0 Å². The topological polar surface area (TPSA) is 97.7 Å². The summed E-state index contributed by atoms with van der Waals surface area (Å²) in [6, 6.07) is 30.8. The SMILES string of the molecule is COc1ccc(C2c3sc(=O)n(CC(=O)Nc4cccc5ccccc45)c3SC3C4CC(C5C(=O)N(c6ccccc6)C(=O)C45)C23)cc1. The Morgan fingerprint density at radius 3 is 2.33 bits per heavy atom. The first-order valence-corrected chi connectivity index (χ1v) is 17.9. The number of hydrogen-bond acceptors (Lipinski definition) is 7. The highest BCUT2D eigenvalue weighted by Crippen LogP contribution is 2.69. The lowest BCUT2D eigenvalue weighted by Gasteiger charge is -2.43. The fourth-order valence-corrected chi connectivity index (χ4v) is 12.1. The third-order valence-electron chi connectivity index (χ3n) is 10.8. The number of ether oxygens (including phenoxy) is 1. The van der Waals surface area contributed by atoms with E-state index in [0.717, 1.165) is 38.4 Å². The van der Waals surface area contributed by atoms with Gasteiger partial charge in [-0.15, -0.1) is 11.8 Å². The smallest absolute Gasteiger partial charge is 0.308 e. The second-order valence-corrected chi connectivity index (χ2v) is 15.2. The Morgan fingerprint density at radius 1 is 0.854 bits per heavy atom. The minimum Gasteiger partial charge on any atom is -0.497 e. The first-order valence-electron chi connectivity index (χ1n) is 16.2. The number of hydrogen-bond donors (Lipinski definition) is 1. The number of methoxy groups -OCH3 is 1. The largest absolute Gasteiger partial charge is 0.497 e. The zero-order chi connectivity index (χ0) is 32.7. The second-order valence-electron chi connectivity index (χ2n) is 13.1. The Labute approximate surface area is 284 Å². The van der Waals surface area contributed by atoms with Gasteiger partial charge in [-0.1, -0.05) is 78.1 Å². The van der Waals surface area contributed by atoms with E-state index in [9.17, 15) is 19.2 Å². The van der Waals surface area contributed by atoms with E-state index in [4.69, 9.17) is 4.74 Å². The predicted octanol–water partition coefficient (Wildman–Crippen LogP) is 6.39. The van der Waals surface area contributed by atoms with Gasteiger partial charge >= 0.3 is 4.87 Å². The summed E-state index contributed by atoms with van der Waals surface area (Å²) in [7, 11) is 1.63. The molecule has 0 radical (unpaired) electrons. The van der Waals surface area contributed by atoms with Crippen LogP contribution in [-0.2, 0) is 20.9 Å². The molecule has 0 spiro atoms. The number of imide groups is 1. The number of benzene rings is 4. The molecule has 7 atom stereocenters. The fourth-order valence-electron chi connectivity index (χ4n) is 8.94. The van der Waals surface area contributed by atoms with Crippen LogP contribution in [0.15, 0.2) is 107 Å². The monoisotopic (exact) mass is 673 g/mol. The number of carbonyl (C=O) groups excluding carboxylic acids is 3. The molecule has 2 aliphatic carbocycles. The molecule has 4 aliphatic rings. The average Bonchev–Trinajstić information content (AvgIpc) is 3.83. The summed E-state index contributed by atoms with van der Waals surface area (Å²) >= 11 is 2.82. The summed E-state index contributed by atoms with van der Waals surface area (Å²) in [6.45, 7) is -0.118. The highest BCUT2D eigenvalue weighted by atomic mass is 32.2. The maximum absolute atomic E-state index is 14.0. The van der Waals surface area contributed by atoms with Gasteiger partial charge in [-0.2, -0.15) is 0 Å². The number of nitrogens with zero attached hydrogens (tertiary/aromatic N) is 2. The maximum atomic E-state index is 14.0. The number of fused-ring (bicyclic) bond motifs is 10. The van der Waals surface area contributed by atoms with Crippen LogP contribution < -0.4 is 19.8 Å². The van der Waals surface area contributed by atoms with Crippen molar-refractivity contribution in [2.45, 2.75) is 29.2 Å². The lowest BCUT2D eigenvalue weighted by molar-refractivity contribution is -0.123. The summed E-state index contributed by atoms with van der Waals surface area (Å²) in [4.78, 5) is 57.5. The number of rotatable bonds is 6. The van der Waals surface area contributed by atoms with E-state index in [1.807, 2.05) is 97.1 Å². The number of amides is 3. The van der Waals surface area contributed by atoms with Gasteiger partial charge in [0, 0.05) is 27.1 Å². The van der Waals surface area contributed by atoms with Gasteiger partial charge in [0.2, 0.25) is 17.7 Å². The third-order valence-corrected chi connectivity index (χ3v) is 13.6. The molecule has 2 saturated carbocycles. The summed E-state index contributed by atoms with van der Waals surface area (Å²) < 4.78 is 7.06. The van der Waals surface area contributed by atoms with Gasteiger partial charge in [0.25, 0.3) is 0 Å². The molecule has 9 rings (SSSR count). The zero-order valence-corrected chi connectivity index (χ0v) is 27.6. The highest BCUT2D eigenvalue weighted by Gasteiger charge is 2.69. The van der Waals surface area contributed by atoms with Crippen LogP contribution in [0.4, 0.5) is 11.4 Å². The molecule has 5 aromatic rings. The molecule has 3 amide bonds. The van der Waals surface area contributed by atoms with Crippen LogP contribution >= 0.6 is 23.1 Å². The van der Waals surface area contributed by atoms with Gasteiger partial charge < -0.3 is 10.1 Å². The van der Waals surface area contributed by atoms with Gasteiger partial charge in [-0.3, -0.25) is 28.6 Å². The van der Waals surface area contributed by atoms with Crippen LogP contribution in [0.25, 0.3) is 10.8 Å². The Hall–Kier alpha value is -4.67. The standard InChI is InChI=1S/C38H31N3O5S2/c1-46-23-16-14-21(15-17-23)29-30-25-18-26(32-31(25)35(43)41(36(32)44)22-10-3-2-4-11-22)33(30)47-37-34(29)48-38(45)40(37)19-28(42)39-27-13-7-9-20-8-5-6-12-24(20)27/h2-17,25-26,29-33H,18-19H2,1H3,(H,39,42). The summed E-state index contributed by atoms with van der Waals surface area (Å²) in [5.74, 6) is -0.632. The first kappa shape index (κ1) is 29.5. The lowest BCUT2D eigenvalue weighted by Crippen LogP contribution is -2.43. The van der Waals surface area contributed by atoms with Crippen LogP contribution in [0.2, 0.25) is 0 Å². The number of aromatic nitrogens is 1. The molecular formula is C38H31N3O5S2. The first-order chi connectivity index (χ1) is 23.4. The van der Waals surface area contributed by atoms with Crippen molar-refractivity contribution >= 4 is 63.0 Å². The Bertz CT molecular complexity index is 2170. The average molecular weight is 674 g/mol. The summed E-state index contributed by atoms with van der Waals surface area (Å²) in [5.41, 5.74) is 2.36. The van der Waals surface area contributed by atoms with Crippen molar-refractivity contribution in [1.82, 2.24) is 4.57 Å².